The van der Waals surface area contributed by atoms with Crippen molar-refractivity contribution in [3.8, 4) is 11.1 Å². The summed E-state index contributed by atoms with van der Waals surface area (Å²) in [5.74, 6) is -0.160. The molecule has 2 heterocycles. The van der Waals surface area contributed by atoms with E-state index in [1.54, 1.807) is 36.6 Å². The van der Waals surface area contributed by atoms with Gasteiger partial charge in [-0.3, -0.25) is 19.6 Å². The summed E-state index contributed by atoms with van der Waals surface area (Å²) in [6, 6.07) is 13.2. The van der Waals surface area contributed by atoms with Gasteiger partial charge in [0, 0.05) is 51.3 Å². The van der Waals surface area contributed by atoms with Crippen molar-refractivity contribution in [2.24, 2.45) is 0 Å². The van der Waals surface area contributed by atoms with Crippen LogP contribution in [0.25, 0.3) is 11.1 Å². The van der Waals surface area contributed by atoms with Crippen LogP contribution in [0.4, 0.5) is 5.69 Å². The molecular weight excluding hydrogens is 364 g/mol. The van der Waals surface area contributed by atoms with Crippen molar-refractivity contribution in [3.63, 3.8) is 0 Å². The second-order valence-electron chi connectivity index (χ2n) is 6.78. The molecule has 3 rings (SSSR count). The molecule has 0 aliphatic rings. The van der Waals surface area contributed by atoms with Crippen LogP contribution in [-0.2, 0) is 11.3 Å². The molecule has 0 spiro atoms. The lowest BCUT2D eigenvalue weighted by atomic mass is 10.0. The molecule has 0 saturated heterocycles. The van der Waals surface area contributed by atoms with Crippen molar-refractivity contribution in [1.82, 2.24) is 15.3 Å². The normalized spacial score (nSPS) is 10.4. The monoisotopic (exact) mass is 390 g/mol. The highest BCUT2D eigenvalue weighted by atomic mass is 16.2. The first-order valence-electron chi connectivity index (χ1n) is 9.50. The molecule has 1 aromatic carbocycles. The van der Waals surface area contributed by atoms with Crippen LogP contribution in [0.3, 0.4) is 0 Å². The lowest BCUT2D eigenvalue weighted by Gasteiger charge is -2.18. The smallest absolute Gasteiger partial charge is 0.270 e. The van der Waals surface area contributed by atoms with Gasteiger partial charge in [-0.1, -0.05) is 25.1 Å². The van der Waals surface area contributed by atoms with Crippen LogP contribution < -0.4 is 10.2 Å². The van der Waals surface area contributed by atoms with E-state index >= 15 is 0 Å². The number of pyridine rings is 2. The van der Waals surface area contributed by atoms with E-state index in [9.17, 15) is 9.59 Å². The molecule has 0 atom stereocenters. The molecule has 6 nitrogen and oxygen atoms in total. The average Bonchev–Trinajstić information content (AvgIpc) is 2.77. The molecule has 150 valence electrons. The summed E-state index contributed by atoms with van der Waals surface area (Å²) in [7, 11) is 1.78. The summed E-state index contributed by atoms with van der Waals surface area (Å²) < 4.78 is 0. The maximum absolute atomic E-state index is 12.3. The molecule has 0 aliphatic heterocycles. The molecule has 6 heteroatoms. The molecule has 0 aliphatic carbocycles. The third kappa shape index (κ3) is 4.85. The first-order valence-corrected chi connectivity index (χ1v) is 9.50. The van der Waals surface area contributed by atoms with E-state index in [0.29, 0.717) is 18.7 Å². The van der Waals surface area contributed by atoms with Gasteiger partial charge in [-0.2, -0.15) is 0 Å². The molecule has 29 heavy (non-hydrogen) atoms. The van der Waals surface area contributed by atoms with Crippen molar-refractivity contribution >= 4 is 17.5 Å². The lowest BCUT2D eigenvalue weighted by molar-refractivity contribution is -0.118. The number of aromatic nitrogens is 2. The van der Waals surface area contributed by atoms with Gasteiger partial charge >= 0.3 is 0 Å². The van der Waals surface area contributed by atoms with E-state index in [2.05, 4.69) is 15.3 Å². The highest BCUT2D eigenvalue weighted by Gasteiger charge is 2.12. The predicted molar refractivity (Wildman–Crippen MR) is 116 cm³/mol. The summed E-state index contributed by atoms with van der Waals surface area (Å²) in [4.78, 5) is 34.2. The standard InChI is InChI=1S/C23H24N4O2.H2/c1-4-22(28)27(3)19-8-9-20(16(2)12-19)18-7-10-21(25-15-18)23(29)26-14-17-6-5-11-24-13-17;/h5-13,15H,4,14H2,1-3H3,(H,26,29);1H. The molecule has 0 fully saturated rings. The van der Waals surface area contributed by atoms with Crippen molar-refractivity contribution in [1.29, 1.82) is 0 Å². The van der Waals surface area contributed by atoms with Crippen LogP contribution in [0.5, 0.6) is 0 Å². The summed E-state index contributed by atoms with van der Waals surface area (Å²) in [6.07, 6.45) is 5.57. The number of nitrogens with zero attached hydrogens (tertiary/aromatic N) is 3. The molecular formula is C23H26N4O2. The Morgan fingerprint density at radius 2 is 1.97 bits per heavy atom. The minimum absolute atomic E-state index is 0. The molecule has 3 aromatic rings. The van der Waals surface area contributed by atoms with Crippen LogP contribution in [0.2, 0.25) is 0 Å². The topological polar surface area (TPSA) is 75.2 Å². The van der Waals surface area contributed by atoms with E-state index in [-0.39, 0.29) is 13.2 Å². The zero-order chi connectivity index (χ0) is 20.8. The Kier molecular flexibility index (Phi) is 6.34. The Morgan fingerprint density at radius 3 is 2.59 bits per heavy atom. The number of carbonyl (C=O) groups is 2. The van der Waals surface area contributed by atoms with Gasteiger partial charge in [-0.25, -0.2) is 0 Å². The average molecular weight is 390 g/mol. The number of nitrogens with one attached hydrogen (secondary N) is 1. The number of hydrogen-bond donors (Lipinski definition) is 1. The van der Waals surface area contributed by atoms with Gasteiger partial charge in [0.1, 0.15) is 5.69 Å². The fourth-order valence-corrected chi connectivity index (χ4v) is 3.02. The van der Waals surface area contributed by atoms with E-state index in [0.717, 1.165) is 27.9 Å². The fourth-order valence-electron chi connectivity index (χ4n) is 3.02. The second-order valence-corrected chi connectivity index (χ2v) is 6.78. The number of amides is 2. The van der Waals surface area contributed by atoms with Gasteiger partial charge in [0.25, 0.3) is 5.91 Å². The van der Waals surface area contributed by atoms with Crippen LogP contribution in [0.15, 0.2) is 61.1 Å². The Bertz CT molecular complexity index is 1010. The fraction of sp³-hybridized carbons (Fsp3) is 0.217. The third-order valence-corrected chi connectivity index (χ3v) is 4.76. The number of rotatable bonds is 6. The zero-order valence-corrected chi connectivity index (χ0v) is 16.8. The van der Waals surface area contributed by atoms with Crippen molar-refractivity contribution in [2.75, 3.05) is 11.9 Å². The SMILES string of the molecule is CCC(=O)N(C)c1ccc(-c2ccc(C(=O)NCc3cccnc3)nc2)c(C)c1.[HH]. The van der Waals surface area contributed by atoms with Crippen molar-refractivity contribution in [3.05, 3.63) is 77.9 Å². The minimum Gasteiger partial charge on any atom is -0.347 e. The van der Waals surface area contributed by atoms with Gasteiger partial charge in [0.2, 0.25) is 5.91 Å². The maximum atomic E-state index is 12.3. The predicted octanol–water partition coefficient (Wildman–Crippen LogP) is 4.00. The Morgan fingerprint density at radius 1 is 1.14 bits per heavy atom. The van der Waals surface area contributed by atoms with Crippen molar-refractivity contribution in [2.45, 2.75) is 26.8 Å². The van der Waals surface area contributed by atoms with Crippen LogP contribution >= 0.6 is 0 Å². The molecule has 2 amide bonds. The minimum atomic E-state index is -0.229. The Balaban J connectivity index is 0.00000320. The molecule has 0 bridgehead atoms. The number of anilines is 1. The number of hydrogen-bond acceptors (Lipinski definition) is 4. The van der Waals surface area contributed by atoms with E-state index in [4.69, 9.17) is 0 Å². The molecule has 0 radical (unpaired) electrons. The van der Waals surface area contributed by atoms with Crippen LogP contribution in [0, 0.1) is 6.92 Å². The van der Waals surface area contributed by atoms with E-state index in [1.807, 2.05) is 50.2 Å². The lowest BCUT2D eigenvalue weighted by Crippen LogP contribution is -2.25. The number of aryl methyl sites for hydroxylation is 1. The summed E-state index contributed by atoms with van der Waals surface area (Å²) >= 11 is 0. The summed E-state index contributed by atoms with van der Waals surface area (Å²) in [5.41, 5.74) is 5.12. The largest absolute Gasteiger partial charge is 0.347 e. The molecule has 0 unspecified atom stereocenters. The third-order valence-electron chi connectivity index (χ3n) is 4.76. The molecule has 1 N–H and O–H groups in total. The molecule has 0 saturated carbocycles. The number of carbonyl (C=O) groups excluding carboxylic acids is 2. The highest BCUT2D eigenvalue weighted by Crippen LogP contribution is 2.27. The van der Waals surface area contributed by atoms with Gasteiger partial charge < -0.3 is 10.2 Å². The quantitative estimate of drug-likeness (QED) is 0.690. The summed E-state index contributed by atoms with van der Waals surface area (Å²) in [5, 5.41) is 2.84. The van der Waals surface area contributed by atoms with E-state index < -0.39 is 0 Å². The van der Waals surface area contributed by atoms with Gasteiger partial charge in [0.15, 0.2) is 0 Å². The van der Waals surface area contributed by atoms with Gasteiger partial charge in [0.05, 0.1) is 0 Å². The first kappa shape index (κ1) is 20.2. The van der Waals surface area contributed by atoms with Crippen LogP contribution in [0.1, 0.15) is 36.4 Å². The molecule has 2 aromatic heterocycles. The van der Waals surface area contributed by atoms with Gasteiger partial charge in [-0.05, 0) is 47.9 Å². The Labute approximate surface area is 172 Å². The highest BCUT2D eigenvalue weighted by molar-refractivity contribution is 5.93. The zero-order valence-electron chi connectivity index (χ0n) is 16.8. The number of benzene rings is 1. The van der Waals surface area contributed by atoms with Crippen molar-refractivity contribution < 1.29 is 11.0 Å². The summed E-state index contributed by atoms with van der Waals surface area (Å²) in [6.45, 7) is 4.25. The Hall–Kier alpha value is -3.54. The van der Waals surface area contributed by atoms with Gasteiger partial charge in [-0.15, -0.1) is 0 Å². The van der Waals surface area contributed by atoms with E-state index in [1.165, 1.54) is 0 Å². The maximum Gasteiger partial charge on any atom is 0.270 e. The second kappa shape index (κ2) is 9.10. The first-order chi connectivity index (χ1) is 14.0. The van der Waals surface area contributed by atoms with Crippen LogP contribution in [-0.4, -0.2) is 28.8 Å².